The monoisotopic (exact) mass is 180 g/mol. The SMILES string of the molecule is CCC#CI. The first-order valence-corrected chi connectivity index (χ1v) is 2.58. The van der Waals surface area contributed by atoms with Gasteiger partial charge in [0.25, 0.3) is 0 Å². The van der Waals surface area contributed by atoms with Crippen molar-refractivity contribution in [1.29, 1.82) is 0 Å². The van der Waals surface area contributed by atoms with Gasteiger partial charge in [-0.25, -0.2) is 0 Å². The molecule has 0 nitrogen and oxygen atoms in total. The normalized spacial score (nSPS) is 5.20. The van der Waals surface area contributed by atoms with Crippen LogP contribution in [0.25, 0.3) is 0 Å². The van der Waals surface area contributed by atoms with E-state index in [0.717, 1.165) is 6.42 Å². The van der Waals surface area contributed by atoms with Crippen molar-refractivity contribution in [2.45, 2.75) is 13.3 Å². The molecule has 0 amide bonds. The standard InChI is InChI=1S/C4H5I/c1-2-3-4-5/h2H2,1H3. The Balaban J connectivity index is 2.81. The lowest BCUT2D eigenvalue weighted by Gasteiger charge is -1.56. The van der Waals surface area contributed by atoms with Crippen LogP contribution in [0.3, 0.4) is 0 Å². The summed E-state index contributed by atoms with van der Waals surface area (Å²) in [6, 6.07) is 0. The molecular weight excluding hydrogens is 175 g/mol. The van der Waals surface area contributed by atoms with Crippen molar-refractivity contribution in [3.8, 4) is 9.85 Å². The summed E-state index contributed by atoms with van der Waals surface area (Å²) in [6.07, 6.45) is 0.975. The fraction of sp³-hybridized carbons (Fsp3) is 0.500. The van der Waals surface area contributed by atoms with E-state index in [-0.39, 0.29) is 0 Å². The number of rotatable bonds is 0. The molecule has 0 spiro atoms. The maximum Gasteiger partial charge on any atom is 0.0181 e. The molecule has 0 aliphatic rings. The molecule has 0 atom stereocenters. The van der Waals surface area contributed by atoms with Gasteiger partial charge in [0.05, 0.1) is 0 Å². The predicted octanol–water partition coefficient (Wildman–Crippen LogP) is 1.79. The van der Waals surface area contributed by atoms with Crippen molar-refractivity contribution in [3.63, 3.8) is 0 Å². The molecule has 0 radical (unpaired) electrons. The van der Waals surface area contributed by atoms with Crippen LogP contribution in [0.15, 0.2) is 0 Å². The first kappa shape index (κ1) is 5.29. The molecule has 0 aliphatic carbocycles. The number of hydrogen-bond donors (Lipinski definition) is 0. The molecule has 5 heavy (non-hydrogen) atoms. The van der Waals surface area contributed by atoms with Crippen LogP contribution in [-0.4, -0.2) is 0 Å². The zero-order valence-electron chi connectivity index (χ0n) is 3.09. The Hall–Kier alpha value is 0.290. The maximum absolute atomic E-state index is 2.85. The van der Waals surface area contributed by atoms with Crippen LogP contribution in [-0.2, 0) is 0 Å². The molecule has 0 aromatic rings. The predicted molar refractivity (Wildman–Crippen MR) is 32.1 cm³/mol. The van der Waals surface area contributed by atoms with Crippen LogP contribution in [0.1, 0.15) is 13.3 Å². The van der Waals surface area contributed by atoms with Gasteiger partial charge >= 0.3 is 0 Å². The molecule has 0 aromatic carbocycles. The van der Waals surface area contributed by atoms with Crippen LogP contribution in [0.5, 0.6) is 0 Å². The molecule has 0 aliphatic heterocycles. The second-order valence-corrected chi connectivity index (χ2v) is 1.16. The number of halogens is 1. The zero-order chi connectivity index (χ0) is 4.12. The smallest absolute Gasteiger partial charge is 0.0181 e. The molecule has 0 fully saturated rings. The van der Waals surface area contributed by atoms with Crippen LogP contribution >= 0.6 is 22.6 Å². The first-order chi connectivity index (χ1) is 2.41. The summed E-state index contributed by atoms with van der Waals surface area (Å²) in [6.45, 7) is 2.03. The average molecular weight is 180 g/mol. The van der Waals surface area contributed by atoms with Gasteiger partial charge in [0.15, 0.2) is 0 Å². The molecule has 0 saturated carbocycles. The second-order valence-electron chi connectivity index (χ2n) is 0.625. The Labute approximate surface area is 46.1 Å². The third-order valence-electron chi connectivity index (χ3n) is 0.244. The number of hydrogen-bond acceptors (Lipinski definition) is 0. The minimum atomic E-state index is 0.975. The lowest BCUT2D eigenvalue weighted by atomic mass is 10.5. The molecular formula is C4H5I. The molecule has 0 saturated heterocycles. The van der Waals surface area contributed by atoms with E-state index in [0.29, 0.717) is 0 Å². The highest BCUT2D eigenvalue weighted by Gasteiger charge is 1.49. The van der Waals surface area contributed by atoms with E-state index < -0.39 is 0 Å². The van der Waals surface area contributed by atoms with Crippen molar-refractivity contribution in [2.24, 2.45) is 0 Å². The van der Waals surface area contributed by atoms with E-state index in [1.165, 1.54) is 0 Å². The van der Waals surface area contributed by atoms with Crippen molar-refractivity contribution < 1.29 is 0 Å². The van der Waals surface area contributed by atoms with Gasteiger partial charge in [0.1, 0.15) is 0 Å². The summed E-state index contributed by atoms with van der Waals surface area (Å²) in [5.41, 5.74) is 0. The Morgan fingerprint density at radius 1 is 1.80 bits per heavy atom. The highest BCUT2D eigenvalue weighted by Crippen LogP contribution is 1.72. The average Bonchev–Trinajstić information content (AvgIpc) is 1.41. The highest BCUT2D eigenvalue weighted by atomic mass is 127. The summed E-state index contributed by atoms with van der Waals surface area (Å²) in [5, 5.41) is 0. The Morgan fingerprint density at radius 2 is 2.40 bits per heavy atom. The van der Waals surface area contributed by atoms with E-state index in [1.807, 2.05) is 29.5 Å². The summed E-state index contributed by atoms with van der Waals surface area (Å²) < 4.78 is 2.74. The zero-order valence-corrected chi connectivity index (χ0v) is 5.24. The van der Waals surface area contributed by atoms with Crippen LogP contribution in [0.4, 0.5) is 0 Å². The topological polar surface area (TPSA) is 0 Å². The molecule has 0 rings (SSSR count). The first-order valence-electron chi connectivity index (χ1n) is 1.50. The van der Waals surface area contributed by atoms with E-state index in [2.05, 4.69) is 9.85 Å². The van der Waals surface area contributed by atoms with Gasteiger partial charge in [0, 0.05) is 29.0 Å². The van der Waals surface area contributed by atoms with Gasteiger partial charge in [-0.3, -0.25) is 0 Å². The van der Waals surface area contributed by atoms with Crippen LogP contribution < -0.4 is 0 Å². The minimum Gasteiger partial charge on any atom is -0.0922 e. The Bertz CT molecular complexity index is 55.8. The minimum absolute atomic E-state index is 0.975. The van der Waals surface area contributed by atoms with E-state index in [4.69, 9.17) is 0 Å². The summed E-state index contributed by atoms with van der Waals surface area (Å²) in [7, 11) is 0. The van der Waals surface area contributed by atoms with Crippen molar-refractivity contribution in [2.75, 3.05) is 0 Å². The van der Waals surface area contributed by atoms with Crippen molar-refractivity contribution in [1.82, 2.24) is 0 Å². The van der Waals surface area contributed by atoms with Gasteiger partial charge in [0.2, 0.25) is 0 Å². The van der Waals surface area contributed by atoms with Crippen LogP contribution in [0.2, 0.25) is 0 Å². The molecule has 0 aromatic heterocycles. The fourth-order valence-corrected chi connectivity index (χ4v) is 0.448. The Kier molecular flexibility index (Phi) is 4.54. The molecule has 0 N–H and O–H groups in total. The fourth-order valence-electron chi connectivity index (χ4n) is 0.0668. The van der Waals surface area contributed by atoms with E-state index >= 15 is 0 Å². The van der Waals surface area contributed by atoms with Gasteiger partial charge in [-0.2, -0.15) is 0 Å². The van der Waals surface area contributed by atoms with Crippen molar-refractivity contribution >= 4 is 22.6 Å². The lowest BCUT2D eigenvalue weighted by molar-refractivity contribution is 1.28. The van der Waals surface area contributed by atoms with Crippen molar-refractivity contribution in [3.05, 3.63) is 0 Å². The van der Waals surface area contributed by atoms with Gasteiger partial charge < -0.3 is 0 Å². The second kappa shape index (κ2) is 4.29. The summed E-state index contributed by atoms with van der Waals surface area (Å²) in [5.74, 6) is 2.85. The van der Waals surface area contributed by atoms with Crippen LogP contribution in [0, 0.1) is 9.85 Å². The highest BCUT2D eigenvalue weighted by molar-refractivity contribution is 14.1. The summed E-state index contributed by atoms with van der Waals surface area (Å²) in [4.78, 5) is 0. The quantitative estimate of drug-likeness (QED) is 0.393. The third-order valence-corrected chi connectivity index (χ3v) is 0.625. The largest absolute Gasteiger partial charge is 0.0922 e. The van der Waals surface area contributed by atoms with Gasteiger partial charge in [-0.05, 0) is 3.93 Å². The van der Waals surface area contributed by atoms with E-state index in [9.17, 15) is 0 Å². The molecule has 28 valence electrons. The molecule has 1 heteroatoms. The lowest BCUT2D eigenvalue weighted by Crippen LogP contribution is -1.42. The third kappa shape index (κ3) is 4.29. The molecule has 0 unspecified atom stereocenters. The molecule has 0 heterocycles. The maximum atomic E-state index is 2.85. The summed E-state index contributed by atoms with van der Waals surface area (Å²) >= 11 is 2.03. The van der Waals surface area contributed by atoms with Gasteiger partial charge in [-0.15, -0.1) is 0 Å². The Morgan fingerprint density at radius 3 is 2.40 bits per heavy atom. The van der Waals surface area contributed by atoms with Gasteiger partial charge in [-0.1, -0.05) is 12.8 Å². The van der Waals surface area contributed by atoms with E-state index in [1.54, 1.807) is 0 Å². The molecule has 0 bridgehead atoms.